The van der Waals surface area contributed by atoms with E-state index >= 15 is 0 Å². The second kappa shape index (κ2) is 6.66. The minimum absolute atomic E-state index is 0.217. The first-order valence-electron chi connectivity index (χ1n) is 7.59. The Balaban J connectivity index is 2.35. The molecule has 1 aromatic rings. The summed E-state index contributed by atoms with van der Waals surface area (Å²) in [6.45, 7) is 3.18. The fourth-order valence-corrected chi connectivity index (χ4v) is 3.76. The Labute approximate surface area is 127 Å². The number of sulfonamides is 1. The number of benzene rings is 1. The highest BCUT2D eigenvalue weighted by molar-refractivity contribution is 7.89. The van der Waals surface area contributed by atoms with Crippen LogP contribution in [-0.2, 0) is 10.0 Å². The van der Waals surface area contributed by atoms with Gasteiger partial charge < -0.3 is 10.6 Å². The van der Waals surface area contributed by atoms with Gasteiger partial charge in [-0.15, -0.1) is 0 Å². The van der Waals surface area contributed by atoms with Gasteiger partial charge in [0.25, 0.3) is 0 Å². The van der Waals surface area contributed by atoms with E-state index in [1.54, 1.807) is 12.1 Å². The third kappa shape index (κ3) is 3.49. The van der Waals surface area contributed by atoms with Crippen molar-refractivity contribution in [2.45, 2.75) is 50.0 Å². The minimum Gasteiger partial charge on any atom is -0.397 e. The van der Waals surface area contributed by atoms with Crippen molar-refractivity contribution >= 4 is 21.4 Å². The Hall–Kier alpha value is -1.27. The van der Waals surface area contributed by atoms with E-state index < -0.39 is 10.0 Å². The van der Waals surface area contributed by atoms with E-state index in [0.29, 0.717) is 11.7 Å². The molecule has 1 atom stereocenters. The van der Waals surface area contributed by atoms with Crippen LogP contribution in [0.1, 0.15) is 39.0 Å². The second-order valence-corrected chi connectivity index (χ2v) is 7.42. The maximum Gasteiger partial charge on any atom is 0.240 e. The Morgan fingerprint density at radius 3 is 2.71 bits per heavy atom. The van der Waals surface area contributed by atoms with E-state index in [9.17, 15) is 8.42 Å². The van der Waals surface area contributed by atoms with E-state index in [4.69, 9.17) is 5.73 Å². The largest absolute Gasteiger partial charge is 0.397 e. The van der Waals surface area contributed by atoms with Gasteiger partial charge in [0.1, 0.15) is 0 Å². The summed E-state index contributed by atoms with van der Waals surface area (Å²) in [7, 11) is -2.04. The molecule has 1 aliphatic rings. The smallest absolute Gasteiger partial charge is 0.240 e. The van der Waals surface area contributed by atoms with Crippen molar-refractivity contribution in [2.75, 3.05) is 24.2 Å². The average Bonchev–Trinajstić information content (AvgIpc) is 2.72. The zero-order valence-corrected chi connectivity index (χ0v) is 13.6. The summed E-state index contributed by atoms with van der Waals surface area (Å²) < 4.78 is 26.0. The number of nitrogens with one attached hydrogen (secondary N) is 1. The molecule has 6 heteroatoms. The van der Waals surface area contributed by atoms with Gasteiger partial charge in [0, 0.05) is 12.6 Å². The summed E-state index contributed by atoms with van der Waals surface area (Å²) in [4.78, 5) is 2.56. The number of nitrogens with zero attached hydrogens (tertiary/aromatic N) is 1. The fourth-order valence-electron chi connectivity index (χ4n) is 3.00. The van der Waals surface area contributed by atoms with Crippen molar-refractivity contribution in [2.24, 2.45) is 0 Å². The number of rotatable bonds is 4. The van der Waals surface area contributed by atoms with Crippen molar-refractivity contribution in [3.63, 3.8) is 0 Å². The molecular weight excluding hydrogens is 286 g/mol. The van der Waals surface area contributed by atoms with Crippen LogP contribution in [0.4, 0.5) is 11.4 Å². The molecule has 1 fully saturated rings. The zero-order valence-electron chi connectivity index (χ0n) is 12.8. The normalized spacial score (nSPS) is 20.3. The van der Waals surface area contributed by atoms with Gasteiger partial charge in [0.2, 0.25) is 10.0 Å². The molecule has 1 unspecified atom stereocenters. The van der Waals surface area contributed by atoms with Crippen LogP contribution in [0.25, 0.3) is 0 Å². The standard InChI is InChI=1S/C15H25N3O2S/c1-3-12-7-5-4-6-10-18(12)15-9-8-13(11-14(15)16)21(19,20)17-2/h8-9,11-12,17H,3-7,10,16H2,1-2H3. The van der Waals surface area contributed by atoms with Gasteiger partial charge in [0.15, 0.2) is 0 Å². The Bertz CT molecular complexity index is 587. The highest BCUT2D eigenvalue weighted by Crippen LogP contribution is 2.31. The van der Waals surface area contributed by atoms with Crippen LogP contribution in [0.15, 0.2) is 23.1 Å². The third-order valence-corrected chi connectivity index (χ3v) is 5.65. The molecule has 0 bridgehead atoms. The highest BCUT2D eigenvalue weighted by atomic mass is 32.2. The molecule has 0 aromatic heterocycles. The molecule has 21 heavy (non-hydrogen) atoms. The summed E-state index contributed by atoms with van der Waals surface area (Å²) in [5.74, 6) is 0. The van der Waals surface area contributed by atoms with Crippen molar-refractivity contribution in [3.05, 3.63) is 18.2 Å². The quantitative estimate of drug-likeness (QED) is 0.837. The number of nitrogens with two attached hydrogens (primary N) is 1. The summed E-state index contributed by atoms with van der Waals surface area (Å²) in [5.41, 5.74) is 7.63. The number of hydrogen-bond acceptors (Lipinski definition) is 4. The van der Waals surface area contributed by atoms with Gasteiger partial charge in [-0.05, 0) is 44.5 Å². The van der Waals surface area contributed by atoms with Crippen molar-refractivity contribution < 1.29 is 8.42 Å². The monoisotopic (exact) mass is 311 g/mol. The van der Waals surface area contributed by atoms with E-state index in [1.165, 1.54) is 26.3 Å². The lowest BCUT2D eigenvalue weighted by Crippen LogP contribution is -2.35. The summed E-state index contributed by atoms with van der Waals surface area (Å²) in [5, 5.41) is 0. The molecule has 1 aromatic carbocycles. The Morgan fingerprint density at radius 2 is 2.10 bits per heavy atom. The van der Waals surface area contributed by atoms with Crippen LogP contribution < -0.4 is 15.4 Å². The molecule has 0 saturated carbocycles. The van der Waals surface area contributed by atoms with Crippen LogP contribution in [0.5, 0.6) is 0 Å². The molecule has 1 heterocycles. The predicted octanol–water partition coefficient (Wildman–Crippen LogP) is 2.34. The molecule has 2 rings (SSSR count). The number of nitrogen functional groups attached to an aromatic ring is 1. The summed E-state index contributed by atoms with van der Waals surface area (Å²) >= 11 is 0. The lowest BCUT2D eigenvalue weighted by Gasteiger charge is -2.32. The van der Waals surface area contributed by atoms with Gasteiger partial charge in [-0.2, -0.15) is 0 Å². The van der Waals surface area contributed by atoms with E-state index in [2.05, 4.69) is 16.5 Å². The van der Waals surface area contributed by atoms with Gasteiger partial charge in [0.05, 0.1) is 16.3 Å². The van der Waals surface area contributed by atoms with Gasteiger partial charge in [-0.25, -0.2) is 13.1 Å². The van der Waals surface area contributed by atoms with Gasteiger partial charge >= 0.3 is 0 Å². The van der Waals surface area contributed by atoms with E-state index in [1.807, 2.05) is 6.07 Å². The maximum atomic E-state index is 11.8. The molecular formula is C15H25N3O2S. The molecule has 1 saturated heterocycles. The van der Waals surface area contributed by atoms with Gasteiger partial charge in [-0.3, -0.25) is 0 Å². The third-order valence-electron chi connectivity index (χ3n) is 4.24. The Morgan fingerprint density at radius 1 is 1.33 bits per heavy atom. The van der Waals surface area contributed by atoms with E-state index in [-0.39, 0.29) is 4.90 Å². The predicted molar refractivity (Wildman–Crippen MR) is 87.0 cm³/mol. The fraction of sp³-hybridized carbons (Fsp3) is 0.600. The summed E-state index contributed by atoms with van der Waals surface area (Å²) in [6, 6.07) is 5.52. The van der Waals surface area contributed by atoms with Crippen molar-refractivity contribution in [1.82, 2.24) is 4.72 Å². The Kier molecular flexibility index (Phi) is 5.11. The van der Waals surface area contributed by atoms with Crippen molar-refractivity contribution in [3.8, 4) is 0 Å². The first kappa shape index (κ1) is 16.1. The van der Waals surface area contributed by atoms with Crippen LogP contribution in [0, 0.1) is 0 Å². The lowest BCUT2D eigenvalue weighted by molar-refractivity contribution is 0.556. The first-order chi connectivity index (χ1) is 9.99. The zero-order chi connectivity index (χ0) is 15.5. The van der Waals surface area contributed by atoms with Crippen LogP contribution >= 0.6 is 0 Å². The molecule has 5 nitrogen and oxygen atoms in total. The molecule has 0 radical (unpaired) electrons. The highest BCUT2D eigenvalue weighted by Gasteiger charge is 2.22. The molecule has 118 valence electrons. The lowest BCUT2D eigenvalue weighted by atomic mass is 10.1. The average molecular weight is 311 g/mol. The van der Waals surface area contributed by atoms with Crippen LogP contribution in [-0.4, -0.2) is 28.1 Å². The van der Waals surface area contributed by atoms with Crippen LogP contribution in [0.3, 0.4) is 0 Å². The van der Waals surface area contributed by atoms with Crippen LogP contribution in [0.2, 0.25) is 0 Å². The second-order valence-electron chi connectivity index (χ2n) is 5.53. The maximum absolute atomic E-state index is 11.8. The number of anilines is 2. The minimum atomic E-state index is -3.44. The molecule has 0 spiro atoms. The first-order valence-corrected chi connectivity index (χ1v) is 9.07. The van der Waals surface area contributed by atoms with E-state index in [0.717, 1.165) is 25.1 Å². The van der Waals surface area contributed by atoms with Gasteiger partial charge in [-0.1, -0.05) is 19.8 Å². The molecule has 3 N–H and O–H groups in total. The van der Waals surface area contributed by atoms with Crippen molar-refractivity contribution in [1.29, 1.82) is 0 Å². The summed E-state index contributed by atoms with van der Waals surface area (Å²) in [6.07, 6.45) is 5.91. The molecule has 0 aliphatic carbocycles. The molecule has 0 amide bonds. The number of hydrogen-bond donors (Lipinski definition) is 2. The topological polar surface area (TPSA) is 75.4 Å². The SMILES string of the molecule is CCC1CCCCCN1c1ccc(S(=O)(=O)NC)cc1N. The molecule has 1 aliphatic heterocycles.